The SMILES string of the molecule is Cn1nncc1C(O)c1cc(F)cc(C(F)(F)F)c1. The van der Waals surface area contributed by atoms with Crippen LogP contribution in [0.25, 0.3) is 0 Å². The summed E-state index contributed by atoms with van der Waals surface area (Å²) in [6.07, 6.45) is -4.92. The molecule has 1 heterocycles. The third kappa shape index (κ3) is 2.73. The van der Waals surface area contributed by atoms with Gasteiger partial charge in [0.2, 0.25) is 0 Å². The zero-order valence-corrected chi connectivity index (χ0v) is 9.69. The molecule has 1 atom stereocenters. The molecule has 0 bridgehead atoms. The van der Waals surface area contributed by atoms with E-state index in [0.717, 1.165) is 6.07 Å². The van der Waals surface area contributed by atoms with E-state index in [1.807, 2.05) is 0 Å². The largest absolute Gasteiger partial charge is 0.416 e. The second kappa shape index (κ2) is 4.61. The molecule has 0 radical (unpaired) electrons. The number of aromatic nitrogens is 3. The second-order valence-corrected chi connectivity index (χ2v) is 3.96. The van der Waals surface area contributed by atoms with Gasteiger partial charge in [-0.1, -0.05) is 5.21 Å². The minimum Gasteiger partial charge on any atom is -0.382 e. The number of benzene rings is 1. The molecule has 0 spiro atoms. The van der Waals surface area contributed by atoms with Gasteiger partial charge in [0.05, 0.1) is 17.5 Å². The van der Waals surface area contributed by atoms with E-state index >= 15 is 0 Å². The summed E-state index contributed by atoms with van der Waals surface area (Å²) in [7, 11) is 1.47. The van der Waals surface area contributed by atoms with Crippen LogP contribution < -0.4 is 0 Å². The predicted molar refractivity (Wildman–Crippen MR) is 56.5 cm³/mol. The molecule has 1 aromatic heterocycles. The van der Waals surface area contributed by atoms with Crippen LogP contribution in [0.4, 0.5) is 17.6 Å². The van der Waals surface area contributed by atoms with Gasteiger partial charge in [0.15, 0.2) is 0 Å². The summed E-state index contributed by atoms with van der Waals surface area (Å²) in [6, 6.07) is 1.91. The zero-order chi connectivity index (χ0) is 14.2. The Bertz CT molecular complexity index is 594. The number of aliphatic hydroxyl groups excluding tert-OH is 1. The first-order valence-electron chi connectivity index (χ1n) is 5.19. The minimum absolute atomic E-state index is 0.165. The van der Waals surface area contributed by atoms with Crippen molar-refractivity contribution in [1.82, 2.24) is 15.0 Å². The number of aryl methyl sites for hydroxylation is 1. The summed E-state index contributed by atoms with van der Waals surface area (Å²) in [4.78, 5) is 0. The highest BCUT2D eigenvalue weighted by Gasteiger charge is 2.32. The van der Waals surface area contributed by atoms with Crippen LogP contribution in [0.2, 0.25) is 0 Å². The smallest absolute Gasteiger partial charge is 0.382 e. The highest BCUT2D eigenvalue weighted by atomic mass is 19.4. The Balaban J connectivity index is 2.46. The van der Waals surface area contributed by atoms with Gasteiger partial charge in [-0.25, -0.2) is 9.07 Å². The first-order valence-corrected chi connectivity index (χ1v) is 5.19. The molecule has 2 rings (SSSR count). The normalized spacial score (nSPS) is 13.6. The van der Waals surface area contributed by atoms with Crippen molar-refractivity contribution in [3.05, 3.63) is 47.0 Å². The lowest BCUT2D eigenvalue weighted by Gasteiger charge is -2.14. The van der Waals surface area contributed by atoms with Gasteiger partial charge in [-0.3, -0.25) is 0 Å². The number of rotatable bonds is 2. The molecule has 0 aliphatic carbocycles. The Hall–Kier alpha value is -1.96. The molecular weight excluding hydrogens is 266 g/mol. The topological polar surface area (TPSA) is 50.9 Å². The minimum atomic E-state index is -4.68. The van der Waals surface area contributed by atoms with Crippen molar-refractivity contribution in [2.45, 2.75) is 12.3 Å². The summed E-state index contributed by atoms with van der Waals surface area (Å²) in [5.74, 6) is -1.07. The first kappa shape index (κ1) is 13.5. The summed E-state index contributed by atoms with van der Waals surface area (Å²) < 4.78 is 52.1. The molecule has 0 saturated heterocycles. The molecule has 2 aromatic rings. The van der Waals surface area contributed by atoms with Crippen LogP contribution in [0.15, 0.2) is 24.4 Å². The van der Waals surface area contributed by atoms with Crippen LogP contribution in [0.5, 0.6) is 0 Å². The molecule has 0 amide bonds. The monoisotopic (exact) mass is 275 g/mol. The van der Waals surface area contributed by atoms with E-state index in [4.69, 9.17) is 0 Å². The van der Waals surface area contributed by atoms with Crippen molar-refractivity contribution in [1.29, 1.82) is 0 Å². The zero-order valence-electron chi connectivity index (χ0n) is 9.69. The average molecular weight is 275 g/mol. The lowest BCUT2D eigenvalue weighted by molar-refractivity contribution is -0.137. The van der Waals surface area contributed by atoms with Gasteiger partial charge in [-0.15, -0.1) is 5.10 Å². The molecule has 0 aliphatic heterocycles. The quantitative estimate of drug-likeness (QED) is 0.853. The van der Waals surface area contributed by atoms with Crippen molar-refractivity contribution in [3.8, 4) is 0 Å². The molecule has 0 saturated carbocycles. The molecule has 8 heteroatoms. The molecule has 1 aromatic carbocycles. The third-order valence-corrected chi connectivity index (χ3v) is 2.59. The number of alkyl halides is 3. The van der Waals surface area contributed by atoms with E-state index in [-0.39, 0.29) is 11.3 Å². The molecule has 1 N–H and O–H groups in total. The van der Waals surface area contributed by atoms with Crippen LogP contribution in [0, 0.1) is 5.82 Å². The van der Waals surface area contributed by atoms with Gasteiger partial charge in [0.1, 0.15) is 11.9 Å². The lowest BCUT2D eigenvalue weighted by atomic mass is 10.0. The molecule has 19 heavy (non-hydrogen) atoms. The number of aliphatic hydroxyl groups is 1. The third-order valence-electron chi connectivity index (χ3n) is 2.59. The van der Waals surface area contributed by atoms with Gasteiger partial charge < -0.3 is 5.11 Å². The molecule has 0 fully saturated rings. The molecule has 0 aliphatic rings. The Kier molecular flexibility index (Phi) is 3.27. The van der Waals surface area contributed by atoms with Gasteiger partial charge >= 0.3 is 6.18 Å². The van der Waals surface area contributed by atoms with Crippen molar-refractivity contribution >= 4 is 0 Å². The average Bonchev–Trinajstić information content (AvgIpc) is 2.72. The predicted octanol–water partition coefficient (Wildman–Crippen LogP) is 2.05. The number of hydrogen-bond acceptors (Lipinski definition) is 3. The Morgan fingerprint density at radius 2 is 1.95 bits per heavy atom. The first-order chi connectivity index (χ1) is 8.79. The Morgan fingerprint density at radius 3 is 2.47 bits per heavy atom. The maximum absolute atomic E-state index is 13.2. The van der Waals surface area contributed by atoms with Crippen LogP contribution in [-0.4, -0.2) is 20.1 Å². The van der Waals surface area contributed by atoms with Crippen LogP contribution in [-0.2, 0) is 13.2 Å². The maximum Gasteiger partial charge on any atom is 0.416 e. The van der Waals surface area contributed by atoms with Crippen LogP contribution in [0.3, 0.4) is 0 Å². The lowest BCUT2D eigenvalue weighted by Crippen LogP contribution is -2.10. The van der Waals surface area contributed by atoms with E-state index in [2.05, 4.69) is 10.3 Å². The van der Waals surface area contributed by atoms with E-state index in [1.54, 1.807) is 0 Å². The summed E-state index contributed by atoms with van der Waals surface area (Å²) in [6.45, 7) is 0. The van der Waals surface area contributed by atoms with Crippen LogP contribution >= 0.6 is 0 Å². The standard InChI is InChI=1S/C11H9F4N3O/c1-18-9(5-16-17-18)10(19)6-2-7(11(13,14)15)4-8(12)3-6/h2-5,10,19H,1H3. The van der Waals surface area contributed by atoms with Gasteiger partial charge in [0, 0.05) is 7.05 Å². The fraction of sp³-hybridized carbons (Fsp3) is 0.273. The Morgan fingerprint density at radius 1 is 1.26 bits per heavy atom. The highest BCUT2D eigenvalue weighted by molar-refractivity contribution is 5.31. The Labute approximate surface area is 105 Å². The summed E-state index contributed by atoms with van der Waals surface area (Å²) in [5, 5.41) is 17.0. The second-order valence-electron chi connectivity index (χ2n) is 3.96. The molecular formula is C11H9F4N3O. The fourth-order valence-corrected chi connectivity index (χ4v) is 1.65. The number of nitrogens with zero attached hydrogens (tertiary/aromatic N) is 3. The number of halogens is 4. The summed E-state index contributed by atoms with van der Waals surface area (Å²) in [5.41, 5.74) is -1.20. The van der Waals surface area contributed by atoms with Crippen LogP contribution in [0.1, 0.15) is 22.9 Å². The molecule has 4 nitrogen and oxygen atoms in total. The van der Waals surface area contributed by atoms with Gasteiger partial charge in [0.25, 0.3) is 0 Å². The fourth-order valence-electron chi connectivity index (χ4n) is 1.65. The van der Waals surface area contributed by atoms with Crippen molar-refractivity contribution in [3.63, 3.8) is 0 Å². The van der Waals surface area contributed by atoms with Gasteiger partial charge in [-0.2, -0.15) is 13.2 Å². The van der Waals surface area contributed by atoms with Crippen molar-refractivity contribution in [2.75, 3.05) is 0 Å². The van der Waals surface area contributed by atoms with Gasteiger partial charge in [-0.05, 0) is 23.8 Å². The van der Waals surface area contributed by atoms with Crippen molar-refractivity contribution < 1.29 is 22.7 Å². The van der Waals surface area contributed by atoms with E-state index in [0.29, 0.717) is 12.1 Å². The highest BCUT2D eigenvalue weighted by Crippen LogP contribution is 2.32. The molecule has 1 unspecified atom stereocenters. The van der Waals surface area contributed by atoms with E-state index < -0.39 is 23.7 Å². The van der Waals surface area contributed by atoms with E-state index in [9.17, 15) is 22.7 Å². The van der Waals surface area contributed by atoms with E-state index in [1.165, 1.54) is 17.9 Å². The molecule has 102 valence electrons. The maximum atomic E-state index is 13.2. The van der Waals surface area contributed by atoms with Crippen molar-refractivity contribution in [2.24, 2.45) is 7.05 Å². The number of hydrogen-bond donors (Lipinski definition) is 1. The summed E-state index contributed by atoms with van der Waals surface area (Å²) >= 11 is 0.